The van der Waals surface area contributed by atoms with Crippen LogP contribution >= 0.6 is 35.2 Å². The number of carbonyl (C=O) groups is 1. The number of thiophene rings is 1. The van der Waals surface area contributed by atoms with E-state index in [2.05, 4.69) is 28.1 Å². The highest BCUT2D eigenvalue weighted by atomic mass is 35.5. The van der Waals surface area contributed by atoms with Gasteiger partial charge in [0.2, 0.25) is 0 Å². The zero-order valence-electron chi connectivity index (χ0n) is 14.5. The van der Waals surface area contributed by atoms with Gasteiger partial charge < -0.3 is 15.4 Å². The van der Waals surface area contributed by atoms with Gasteiger partial charge in [-0.1, -0.05) is 30.5 Å². The Kier molecular flexibility index (Phi) is 6.16. The second-order valence-corrected chi connectivity index (χ2v) is 8.02. The predicted molar refractivity (Wildman–Crippen MR) is 111 cm³/mol. The Bertz CT molecular complexity index is 787. The summed E-state index contributed by atoms with van der Waals surface area (Å²) in [6.07, 6.45) is 4.51. The number of benzene rings is 1. The average molecular weight is 409 g/mol. The van der Waals surface area contributed by atoms with Gasteiger partial charge in [-0.3, -0.25) is 0 Å². The predicted octanol–water partition coefficient (Wildman–Crippen LogP) is 5.33. The molecule has 4 nitrogen and oxygen atoms in total. The Hall–Kier alpha value is -1.63. The first-order chi connectivity index (χ1) is 12.5. The molecule has 1 aromatic carbocycles. The van der Waals surface area contributed by atoms with E-state index in [0.717, 1.165) is 18.5 Å². The lowest BCUT2D eigenvalue weighted by Crippen LogP contribution is -2.45. The number of hydrogen-bond acceptors (Lipinski definition) is 4. The largest absolute Gasteiger partial charge is 0.462 e. The summed E-state index contributed by atoms with van der Waals surface area (Å²) >= 11 is 13.5. The van der Waals surface area contributed by atoms with Gasteiger partial charge >= 0.3 is 5.97 Å². The molecule has 0 radical (unpaired) electrons. The first-order valence-corrected chi connectivity index (χ1v) is 10.3. The van der Waals surface area contributed by atoms with Crippen molar-refractivity contribution in [2.24, 2.45) is 0 Å². The van der Waals surface area contributed by atoms with Crippen LogP contribution in [0.25, 0.3) is 0 Å². The van der Waals surface area contributed by atoms with Crippen LogP contribution in [0.2, 0.25) is 5.02 Å². The molecule has 1 saturated carbocycles. The van der Waals surface area contributed by atoms with Crippen LogP contribution in [0.1, 0.15) is 47.8 Å². The van der Waals surface area contributed by atoms with Gasteiger partial charge in [0.25, 0.3) is 0 Å². The van der Waals surface area contributed by atoms with Gasteiger partial charge in [0.1, 0.15) is 0 Å². The zero-order chi connectivity index (χ0) is 18.6. The highest BCUT2D eigenvalue weighted by molar-refractivity contribution is 7.80. The maximum atomic E-state index is 11.8. The molecule has 0 aliphatic heterocycles. The van der Waals surface area contributed by atoms with Gasteiger partial charge in [0.05, 0.1) is 22.7 Å². The van der Waals surface area contributed by atoms with Gasteiger partial charge in [-0.15, -0.1) is 11.3 Å². The maximum Gasteiger partial charge on any atom is 0.339 e. The number of esters is 1. The molecule has 2 N–H and O–H groups in total. The molecule has 26 heavy (non-hydrogen) atoms. The van der Waals surface area contributed by atoms with E-state index in [1.54, 1.807) is 36.5 Å². The van der Waals surface area contributed by atoms with Crippen LogP contribution in [-0.4, -0.2) is 17.7 Å². The molecule has 0 unspecified atom stereocenters. The van der Waals surface area contributed by atoms with Crippen molar-refractivity contribution in [3.05, 3.63) is 51.2 Å². The van der Waals surface area contributed by atoms with E-state index < -0.39 is 5.97 Å². The van der Waals surface area contributed by atoms with E-state index in [0.29, 0.717) is 22.3 Å². The molecule has 1 aliphatic rings. The summed E-state index contributed by atoms with van der Waals surface area (Å²) in [5, 5.41) is 9.69. The van der Waals surface area contributed by atoms with Gasteiger partial charge in [-0.05, 0) is 61.6 Å². The fourth-order valence-corrected chi connectivity index (χ4v) is 4.82. The van der Waals surface area contributed by atoms with Crippen LogP contribution in [0.3, 0.4) is 0 Å². The lowest BCUT2D eigenvalue weighted by molar-refractivity contribution is 0.0526. The molecule has 2 aromatic rings. The number of halogens is 1. The Morgan fingerprint density at radius 1 is 1.35 bits per heavy atom. The number of ether oxygens (including phenoxy) is 1. The molecule has 0 amide bonds. The normalized spacial score (nSPS) is 15.5. The van der Waals surface area contributed by atoms with Crippen LogP contribution in [0.4, 0.5) is 5.69 Å². The molecule has 0 spiro atoms. The van der Waals surface area contributed by atoms with Crippen molar-refractivity contribution in [1.82, 2.24) is 5.32 Å². The maximum absolute atomic E-state index is 11.8. The van der Waals surface area contributed by atoms with E-state index in [9.17, 15) is 4.79 Å². The van der Waals surface area contributed by atoms with Crippen molar-refractivity contribution in [3.63, 3.8) is 0 Å². The lowest BCUT2D eigenvalue weighted by atomic mass is 9.96. The summed E-state index contributed by atoms with van der Waals surface area (Å²) in [6.45, 7) is 2.08. The van der Waals surface area contributed by atoms with E-state index >= 15 is 0 Å². The number of rotatable bonds is 5. The molecule has 1 aromatic heterocycles. The van der Waals surface area contributed by atoms with Crippen molar-refractivity contribution < 1.29 is 9.53 Å². The Morgan fingerprint density at radius 3 is 2.73 bits per heavy atom. The van der Waals surface area contributed by atoms with Crippen molar-refractivity contribution in [3.8, 4) is 0 Å². The minimum Gasteiger partial charge on any atom is -0.462 e. The van der Waals surface area contributed by atoms with Crippen LogP contribution in [0, 0.1) is 0 Å². The second-order valence-electron chi connectivity index (χ2n) is 6.26. The number of anilines is 1. The van der Waals surface area contributed by atoms with Crippen LogP contribution in [-0.2, 0) is 10.3 Å². The number of hydrogen-bond donors (Lipinski definition) is 2. The molecule has 1 fully saturated rings. The summed E-state index contributed by atoms with van der Waals surface area (Å²) in [5.41, 5.74) is 0.996. The topological polar surface area (TPSA) is 50.4 Å². The summed E-state index contributed by atoms with van der Waals surface area (Å²) in [5.74, 6) is -0.424. The van der Waals surface area contributed by atoms with Crippen LogP contribution in [0.15, 0.2) is 35.7 Å². The summed E-state index contributed by atoms with van der Waals surface area (Å²) in [6, 6.07) is 9.35. The van der Waals surface area contributed by atoms with Crippen molar-refractivity contribution in [1.29, 1.82) is 0 Å². The Labute approximate surface area is 167 Å². The Morgan fingerprint density at radius 2 is 2.12 bits per heavy atom. The fourth-order valence-electron chi connectivity index (χ4n) is 3.31. The molecular formula is C19H21ClN2O2S2. The van der Waals surface area contributed by atoms with E-state index in [1.807, 2.05) is 0 Å². The monoisotopic (exact) mass is 408 g/mol. The number of carbonyl (C=O) groups excluding carboxylic acids is 1. The first kappa shape index (κ1) is 19.1. The van der Waals surface area contributed by atoms with E-state index in [-0.39, 0.29) is 5.54 Å². The molecule has 0 saturated heterocycles. The lowest BCUT2D eigenvalue weighted by Gasteiger charge is -2.31. The molecule has 138 valence electrons. The Balaban J connectivity index is 1.70. The van der Waals surface area contributed by atoms with Crippen LogP contribution < -0.4 is 10.6 Å². The molecule has 1 heterocycles. The van der Waals surface area contributed by atoms with Gasteiger partial charge in [-0.2, -0.15) is 0 Å². The van der Waals surface area contributed by atoms with E-state index in [4.69, 9.17) is 28.6 Å². The third-order valence-corrected chi connectivity index (χ3v) is 6.12. The highest BCUT2D eigenvalue weighted by Gasteiger charge is 2.37. The molecule has 3 rings (SSSR count). The SMILES string of the molecule is CCOC(=O)c1ccc(NC(=S)NC2(c3cccs3)CCCC2)cc1Cl. The fraction of sp³-hybridized carbons (Fsp3) is 0.368. The number of thiocarbonyl (C=S) groups is 1. The molecule has 0 bridgehead atoms. The highest BCUT2D eigenvalue weighted by Crippen LogP contribution is 2.40. The minimum atomic E-state index is -0.424. The third-order valence-electron chi connectivity index (χ3n) is 4.53. The zero-order valence-corrected chi connectivity index (χ0v) is 16.9. The summed E-state index contributed by atoms with van der Waals surface area (Å²) < 4.78 is 4.99. The van der Waals surface area contributed by atoms with Crippen LogP contribution in [0.5, 0.6) is 0 Å². The molecule has 0 atom stereocenters. The standard InChI is InChI=1S/C19H21ClN2O2S2/c1-2-24-17(23)14-8-7-13(12-15(14)20)21-18(25)22-19(9-3-4-10-19)16-6-5-11-26-16/h5-8,11-12H,2-4,9-10H2,1H3,(H2,21,22,25). The summed E-state index contributed by atoms with van der Waals surface area (Å²) in [7, 11) is 0. The smallest absolute Gasteiger partial charge is 0.339 e. The van der Waals surface area contributed by atoms with E-state index in [1.165, 1.54) is 17.7 Å². The molecular weight excluding hydrogens is 388 g/mol. The van der Waals surface area contributed by atoms with Crippen molar-refractivity contribution >= 4 is 51.9 Å². The molecule has 1 aliphatic carbocycles. The van der Waals surface area contributed by atoms with Gasteiger partial charge in [0, 0.05) is 10.6 Å². The quantitative estimate of drug-likeness (QED) is 0.517. The number of nitrogens with one attached hydrogen (secondary N) is 2. The van der Waals surface area contributed by atoms with Gasteiger partial charge in [0.15, 0.2) is 5.11 Å². The first-order valence-electron chi connectivity index (χ1n) is 8.64. The van der Waals surface area contributed by atoms with Crippen molar-refractivity contribution in [2.75, 3.05) is 11.9 Å². The third kappa shape index (κ3) is 4.19. The summed E-state index contributed by atoms with van der Waals surface area (Å²) in [4.78, 5) is 13.2. The molecule has 7 heteroatoms. The average Bonchev–Trinajstić information content (AvgIpc) is 3.27. The van der Waals surface area contributed by atoms with Crippen molar-refractivity contribution in [2.45, 2.75) is 38.1 Å². The minimum absolute atomic E-state index is 0.0904. The second kappa shape index (κ2) is 8.37. The van der Waals surface area contributed by atoms with Gasteiger partial charge in [-0.25, -0.2) is 4.79 Å².